The highest BCUT2D eigenvalue weighted by atomic mass is 16.2. The van der Waals surface area contributed by atoms with Gasteiger partial charge in [0.05, 0.1) is 0 Å². The summed E-state index contributed by atoms with van der Waals surface area (Å²) in [4.78, 5) is 27.4. The summed E-state index contributed by atoms with van der Waals surface area (Å²) in [6, 6.07) is 14.3. The molecule has 30 heavy (non-hydrogen) atoms. The van der Waals surface area contributed by atoms with Crippen LogP contribution in [0.4, 0.5) is 5.69 Å². The largest absolute Gasteiger partial charge is 0.326 e. The lowest BCUT2D eigenvalue weighted by Gasteiger charge is -2.31. The molecule has 1 fully saturated rings. The van der Waals surface area contributed by atoms with Crippen molar-refractivity contribution >= 4 is 17.4 Å². The molecule has 1 aliphatic rings. The van der Waals surface area contributed by atoms with E-state index in [1.165, 1.54) is 37.7 Å². The highest BCUT2D eigenvalue weighted by molar-refractivity contribution is 6.00. The zero-order chi connectivity index (χ0) is 21.5. The van der Waals surface area contributed by atoms with Crippen molar-refractivity contribution in [3.8, 4) is 0 Å². The SMILES string of the molecule is Cc1ccc(C(=O)CCC(=O)Nc2ccccc2CN(C)C2CCCCC2)cc1C. The van der Waals surface area contributed by atoms with Gasteiger partial charge in [0.2, 0.25) is 5.91 Å². The van der Waals surface area contributed by atoms with Crippen LogP contribution in [0.25, 0.3) is 0 Å². The summed E-state index contributed by atoms with van der Waals surface area (Å²) >= 11 is 0. The number of carbonyl (C=O) groups excluding carboxylic acids is 2. The van der Waals surface area contributed by atoms with E-state index in [4.69, 9.17) is 0 Å². The Morgan fingerprint density at radius 2 is 1.70 bits per heavy atom. The molecule has 0 spiro atoms. The normalized spacial score (nSPS) is 14.7. The monoisotopic (exact) mass is 406 g/mol. The zero-order valence-corrected chi connectivity index (χ0v) is 18.5. The predicted octanol–water partition coefficient (Wildman–Crippen LogP) is 5.67. The molecule has 0 unspecified atom stereocenters. The average Bonchev–Trinajstić information content (AvgIpc) is 2.76. The topological polar surface area (TPSA) is 49.4 Å². The number of hydrogen-bond donors (Lipinski definition) is 1. The van der Waals surface area contributed by atoms with E-state index in [0.29, 0.717) is 11.6 Å². The summed E-state index contributed by atoms with van der Waals surface area (Å²) in [6.07, 6.45) is 6.88. The van der Waals surface area contributed by atoms with Crippen LogP contribution in [0.1, 0.15) is 72.0 Å². The number of hydrogen-bond acceptors (Lipinski definition) is 3. The van der Waals surface area contributed by atoms with Crippen molar-refractivity contribution in [2.24, 2.45) is 0 Å². The summed E-state index contributed by atoms with van der Waals surface area (Å²) in [5.74, 6) is -0.0986. The number of amides is 1. The highest BCUT2D eigenvalue weighted by Gasteiger charge is 2.19. The lowest BCUT2D eigenvalue weighted by molar-refractivity contribution is -0.116. The summed E-state index contributed by atoms with van der Waals surface area (Å²) in [7, 11) is 2.18. The number of rotatable bonds is 8. The van der Waals surface area contributed by atoms with Crippen LogP contribution in [0.3, 0.4) is 0 Å². The number of para-hydroxylation sites is 1. The smallest absolute Gasteiger partial charge is 0.224 e. The van der Waals surface area contributed by atoms with E-state index in [9.17, 15) is 9.59 Å². The molecule has 1 amide bonds. The number of benzene rings is 2. The van der Waals surface area contributed by atoms with Gasteiger partial charge < -0.3 is 5.32 Å². The van der Waals surface area contributed by atoms with Gasteiger partial charge in [-0.25, -0.2) is 0 Å². The number of ketones is 1. The highest BCUT2D eigenvalue weighted by Crippen LogP contribution is 2.25. The van der Waals surface area contributed by atoms with E-state index in [1.54, 1.807) is 0 Å². The van der Waals surface area contributed by atoms with Crippen LogP contribution in [0.2, 0.25) is 0 Å². The molecular weight excluding hydrogens is 372 g/mol. The van der Waals surface area contributed by atoms with E-state index in [1.807, 2.05) is 50.2 Å². The van der Waals surface area contributed by atoms with Crippen molar-refractivity contribution in [3.05, 3.63) is 64.7 Å². The molecule has 2 aromatic rings. The van der Waals surface area contributed by atoms with E-state index in [0.717, 1.165) is 23.4 Å². The Kier molecular flexibility index (Phi) is 7.81. The third-order valence-electron chi connectivity index (χ3n) is 6.32. The van der Waals surface area contributed by atoms with Gasteiger partial charge in [0, 0.05) is 36.7 Å². The standard InChI is InChI=1S/C26H34N2O2/c1-19-13-14-21(17-20(19)2)25(29)15-16-26(30)27-24-12-8-7-9-22(24)18-28(3)23-10-5-4-6-11-23/h7-9,12-14,17,23H,4-6,10-11,15-16,18H2,1-3H3,(H,27,30). The van der Waals surface area contributed by atoms with Crippen LogP contribution in [0.5, 0.6) is 0 Å². The Balaban J connectivity index is 1.56. The predicted molar refractivity (Wildman–Crippen MR) is 123 cm³/mol. The van der Waals surface area contributed by atoms with E-state index in [-0.39, 0.29) is 24.5 Å². The van der Waals surface area contributed by atoms with Crippen LogP contribution in [0, 0.1) is 13.8 Å². The number of aryl methyl sites for hydroxylation is 2. The third kappa shape index (κ3) is 6.02. The second-order valence-corrected chi connectivity index (χ2v) is 8.63. The van der Waals surface area contributed by atoms with Crippen molar-refractivity contribution in [1.82, 2.24) is 4.90 Å². The van der Waals surface area contributed by atoms with E-state index < -0.39 is 0 Å². The molecule has 4 nitrogen and oxygen atoms in total. The lowest BCUT2D eigenvalue weighted by Crippen LogP contribution is -2.33. The summed E-state index contributed by atoms with van der Waals surface area (Å²) in [6.45, 7) is 4.85. The number of Topliss-reactive ketones (excluding diaryl/α,β-unsaturated/α-hetero) is 1. The maximum atomic E-state index is 12.5. The fourth-order valence-electron chi connectivity index (χ4n) is 4.20. The molecule has 1 N–H and O–H groups in total. The Morgan fingerprint density at radius 1 is 0.967 bits per heavy atom. The molecule has 0 heterocycles. The fraction of sp³-hybridized carbons (Fsp3) is 0.462. The first-order valence-electron chi connectivity index (χ1n) is 11.1. The molecule has 0 saturated heterocycles. The van der Waals surface area contributed by atoms with Crippen molar-refractivity contribution in [1.29, 1.82) is 0 Å². The summed E-state index contributed by atoms with van der Waals surface area (Å²) in [5, 5.41) is 3.03. The van der Waals surface area contributed by atoms with Crippen molar-refractivity contribution in [2.75, 3.05) is 12.4 Å². The van der Waals surface area contributed by atoms with Gasteiger partial charge in [0.15, 0.2) is 5.78 Å². The van der Waals surface area contributed by atoms with Gasteiger partial charge in [0.25, 0.3) is 0 Å². The molecule has 160 valence electrons. The first-order chi connectivity index (χ1) is 14.4. The van der Waals surface area contributed by atoms with Crippen LogP contribution >= 0.6 is 0 Å². The Hall–Kier alpha value is -2.46. The van der Waals surface area contributed by atoms with Gasteiger partial charge >= 0.3 is 0 Å². The van der Waals surface area contributed by atoms with Gasteiger partial charge in [-0.3, -0.25) is 14.5 Å². The molecule has 0 aliphatic heterocycles. The quantitative estimate of drug-likeness (QED) is 0.575. The second kappa shape index (κ2) is 10.5. The Morgan fingerprint density at radius 3 is 2.43 bits per heavy atom. The van der Waals surface area contributed by atoms with Crippen LogP contribution in [-0.4, -0.2) is 29.7 Å². The van der Waals surface area contributed by atoms with Gasteiger partial charge in [-0.2, -0.15) is 0 Å². The molecule has 1 saturated carbocycles. The fourth-order valence-corrected chi connectivity index (χ4v) is 4.20. The number of carbonyl (C=O) groups is 2. The van der Waals surface area contributed by atoms with Gasteiger partial charge in [-0.05, 0) is 62.6 Å². The molecule has 0 atom stereocenters. The minimum atomic E-state index is -0.111. The number of nitrogens with zero attached hydrogens (tertiary/aromatic N) is 1. The summed E-state index contributed by atoms with van der Waals surface area (Å²) in [5.41, 5.74) is 4.92. The molecule has 0 bridgehead atoms. The second-order valence-electron chi connectivity index (χ2n) is 8.63. The molecule has 3 rings (SSSR count). The molecule has 4 heteroatoms. The minimum Gasteiger partial charge on any atom is -0.326 e. The summed E-state index contributed by atoms with van der Waals surface area (Å²) < 4.78 is 0. The van der Waals surface area contributed by atoms with Gasteiger partial charge in [-0.15, -0.1) is 0 Å². The van der Waals surface area contributed by atoms with Crippen molar-refractivity contribution in [2.45, 2.75) is 71.4 Å². The third-order valence-corrected chi connectivity index (χ3v) is 6.32. The van der Waals surface area contributed by atoms with Crippen molar-refractivity contribution in [3.63, 3.8) is 0 Å². The average molecular weight is 407 g/mol. The van der Waals surface area contributed by atoms with Crippen LogP contribution in [-0.2, 0) is 11.3 Å². The first-order valence-corrected chi connectivity index (χ1v) is 11.1. The van der Waals surface area contributed by atoms with Gasteiger partial charge in [-0.1, -0.05) is 49.6 Å². The number of nitrogens with one attached hydrogen (secondary N) is 1. The van der Waals surface area contributed by atoms with E-state index >= 15 is 0 Å². The molecule has 1 aliphatic carbocycles. The van der Waals surface area contributed by atoms with Crippen LogP contribution in [0.15, 0.2) is 42.5 Å². The Labute approximate surface area is 180 Å². The minimum absolute atomic E-state index is 0.0126. The van der Waals surface area contributed by atoms with Crippen LogP contribution < -0.4 is 5.32 Å². The maximum absolute atomic E-state index is 12.5. The molecule has 0 aromatic heterocycles. The zero-order valence-electron chi connectivity index (χ0n) is 18.5. The van der Waals surface area contributed by atoms with Crippen molar-refractivity contribution < 1.29 is 9.59 Å². The van der Waals surface area contributed by atoms with Gasteiger partial charge in [0.1, 0.15) is 0 Å². The molecule has 0 radical (unpaired) electrons. The molecular formula is C26H34N2O2. The number of anilines is 1. The molecule has 2 aromatic carbocycles. The Bertz CT molecular complexity index is 884. The lowest BCUT2D eigenvalue weighted by atomic mass is 9.94. The first kappa shape index (κ1) is 22.2. The maximum Gasteiger partial charge on any atom is 0.224 e. The van der Waals surface area contributed by atoms with E-state index in [2.05, 4.69) is 23.3 Å².